The van der Waals surface area contributed by atoms with Crippen molar-refractivity contribution in [3.63, 3.8) is 0 Å². The van der Waals surface area contributed by atoms with Gasteiger partial charge >= 0.3 is 0 Å². The molecule has 0 aliphatic heterocycles. The molecule has 1 rings (SSSR count). The number of hydrogen-bond acceptors (Lipinski definition) is 2. The van der Waals surface area contributed by atoms with Crippen LogP contribution in [0.5, 0.6) is 5.75 Å². The van der Waals surface area contributed by atoms with Crippen molar-refractivity contribution in [1.29, 1.82) is 0 Å². The molecule has 0 aromatic heterocycles. The second-order valence-corrected chi connectivity index (χ2v) is 4.34. The Hall–Kier alpha value is -0.290. The molecule has 0 saturated carbocycles. The lowest BCUT2D eigenvalue weighted by Crippen LogP contribution is -1.98. The maximum atomic E-state index is 5.58. The number of benzene rings is 1. The molecule has 3 heteroatoms. The number of alkyl halides is 1. The predicted molar refractivity (Wildman–Crippen MR) is 70.8 cm³/mol. The van der Waals surface area contributed by atoms with Gasteiger partial charge in [0.05, 0.1) is 13.7 Å². The van der Waals surface area contributed by atoms with E-state index < -0.39 is 0 Å². The van der Waals surface area contributed by atoms with Crippen LogP contribution in [-0.4, -0.2) is 18.1 Å². The van der Waals surface area contributed by atoms with Crippen LogP contribution in [0.2, 0.25) is 0 Å². The lowest BCUT2D eigenvalue weighted by molar-refractivity contribution is 0.116. The van der Waals surface area contributed by atoms with Crippen LogP contribution in [0.1, 0.15) is 18.4 Å². The molecule has 2 nitrogen and oxygen atoms in total. The summed E-state index contributed by atoms with van der Waals surface area (Å²) in [5.74, 6) is 0.909. The summed E-state index contributed by atoms with van der Waals surface area (Å²) in [6.07, 6.45) is 2.37. The summed E-state index contributed by atoms with van der Waals surface area (Å²) >= 11 is 2.39. The first-order valence-corrected chi connectivity index (χ1v) is 6.66. The molecule has 15 heavy (non-hydrogen) atoms. The van der Waals surface area contributed by atoms with Crippen molar-refractivity contribution in [2.45, 2.75) is 19.4 Å². The summed E-state index contributed by atoms with van der Waals surface area (Å²) < 4.78 is 12.0. The Kier molecular flexibility index (Phi) is 6.76. The van der Waals surface area contributed by atoms with Crippen LogP contribution >= 0.6 is 22.6 Å². The first-order valence-electron chi connectivity index (χ1n) is 5.14. The summed E-state index contributed by atoms with van der Waals surface area (Å²) in [4.78, 5) is 0. The summed E-state index contributed by atoms with van der Waals surface area (Å²) in [5, 5.41) is 0. The standard InChI is InChI=1S/C12H17IO2/c1-14-12-7-3-2-6-11(12)10-15-9-5-4-8-13/h2-3,6-7H,4-5,8-10H2,1H3. The third-order valence-electron chi connectivity index (χ3n) is 2.12. The van der Waals surface area contributed by atoms with Crippen LogP contribution in [0.15, 0.2) is 24.3 Å². The largest absolute Gasteiger partial charge is 0.496 e. The minimum absolute atomic E-state index is 0.644. The molecule has 0 radical (unpaired) electrons. The van der Waals surface area contributed by atoms with E-state index in [1.165, 1.54) is 10.8 Å². The van der Waals surface area contributed by atoms with E-state index in [1.807, 2.05) is 24.3 Å². The Labute approximate surface area is 105 Å². The van der Waals surface area contributed by atoms with Gasteiger partial charge in [-0.1, -0.05) is 40.8 Å². The lowest BCUT2D eigenvalue weighted by atomic mass is 10.2. The van der Waals surface area contributed by atoms with Crippen molar-refractivity contribution in [2.75, 3.05) is 18.1 Å². The summed E-state index contributed by atoms with van der Waals surface area (Å²) in [6.45, 7) is 1.48. The molecule has 1 aromatic carbocycles. The van der Waals surface area contributed by atoms with Crippen molar-refractivity contribution >= 4 is 22.6 Å². The first-order chi connectivity index (χ1) is 7.38. The highest BCUT2D eigenvalue weighted by molar-refractivity contribution is 14.1. The minimum Gasteiger partial charge on any atom is -0.496 e. The number of unbranched alkanes of at least 4 members (excludes halogenated alkanes) is 1. The maximum absolute atomic E-state index is 5.58. The van der Waals surface area contributed by atoms with Gasteiger partial charge in [-0.15, -0.1) is 0 Å². The first kappa shape index (κ1) is 12.8. The average molecular weight is 320 g/mol. The van der Waals surface area contributed by atoms with Crippen molar-refractivity contribution in [3.05, 3.63) is 29.8 Å². The zero-order chi connectivity index (χ0) is 10.9. The van der Waals surface area contributed by atoms with Gasteiger partial charge in [0.1, 0.15) is 5.75 Å². The molecule has 0 aliphatic carbocycles. The minimum atomic E-state index is 0.644. The zero-order valence-corrected chi connectivity index (χ0v) is 11.2. The number of para-hydroxylation sites is 1. The second-order valence-electron chi connectivity index (χ2n) is 3.26. The van der Waals surface area contributed by atoms with Crippen LogP contribution in [0.3, 0.4) is 0 Å². The lowest BCUT2D eigenvalue weighted by Gasteiger charge is -2.08. The van der Waals surface area contributed by atoms with Gasteiger partial charge in [-0.3, -0.25) is 0 Å². The Bertz CT molecular complexity index is 276. The van der Waals surface area contributed by atoms with E-state index in [-0.39, 0.29) is 0 Å². The Balaban J connectivity index is 2.30. The van der Waals surface area contributed by atoms with Crippen LogP contribution < -0.4 is 4.74 Å². The molecule has 0 atom stereocenters. The monoisotopic (exact) mass is 320 g/mol. The van der Waals surface area contributed by atoms with Crippen molar-refractivity contribution < 1.29 is 9.47 Å². The fourth-order valence-corrected chi connectivity index (χ4v) is 1.84. The van der Waals surface area contributed by atoms with Gasteiger partial charge in [-0.2, -0.15) is 0 Å². The average Bonchev–Trinajstić information content (AvgIpc) is 2.29. The molecule has 0 unspecified atom stereocenters. The third-order valence-corrected chi connectivity index (χ3v) is 2.89. The number of ether oxygens (including phenoxy) is 2. The summed E-state index contributed by atoms with van der Waals surface area (Å²) in [6, 6.07) is 7.98. The fourth-order valence-electron chi connectivity index (χ4n) is 1.30. The van der Waals surface area contributed by atoms with Gasteiger partial charge in [-0.05, 0) is 23.3 Å². The summed E-state index contributed by atoms with van der Waals surface area (Å²) in [5.41, 5.74) is 1.12. The number of rotatable bonds is 7. The Morgan fingerprint density at radius 2 is 2.00 bits per heavy atom. The number of methoxy groups -OCH3 is 1. The summed E-state index contributed by atoms with van der Waals surface area (Å²) in [7, 11) is 1.69. The fraction of sp³-hybridized carbons (Fsp3) is 0.500. The molecule has 0 fully saturated rings. The molecule has 0 N–H and O–H groups in total. The zero-order valence-electron chi connectivity index (χ0n) is 9.04. The van der Waals surface area contributed by atoms with Crippen molar-refractivity contribution in [3.8, 4) is 5.75 Å². The normalized spacial score (nSPS) is 10.3. The molecule has 1 aromatic rings. The van der Waals surface area contributed by atoms with Gasteiger partial charge in [0.25, 0.3) is 0 Å². The quantitative estimate of drug-likeness (QED) is 0.435. The van der Waals surface area contributed by atoms with E-state index in [4.69, 9.17) is 9.47 Å². The van der Waals surface area contributed by atoms with Gasteiger partial charge in [0.2, 0.25) is 0 Å². The second kappa shape index (κ2) is 7.93. The molecular weight excluding hydrogens is 303 g/mol. The highest BCUT2D eigenvalue weighted by atomic mass is 127. The van der Waals surface area contributed by atoms with Crippen molar-refractivity contribution in [1.82, 2.24) is 0 Å². The molecule has 0 heterocycles. The molecular formula is C12H17IO2. The maximum Gasteiger partial charge on any atom is 0.124 e. The van der Waals surface area contributed by atoms with Gasteiger partial charge in [0.15, 0.2) is 0 Å². The van der Waals surface area contributed by atoms with Gasteiger partial charge in [0, 0.05) is 12.2 Å². The van der Waals surface area contributed by atoms with Crippen LogP contribution in [0, 0.1) is 0 Å². The highest BCUT2D eigenvalue weighted by Gasteiger charge is 2.00. The molecule has 0 bridgehead atoms. The van der Waals surface area contributed by atoms with Crippen molar-refractivity contribution in [2.24, 2.45) is 0 Å². The van der Waals surface area contributed by atoms with Gasteiger partial charge < -0.3 is 9.47 Å². The molecule has 0 spiro atoms. The third kappa shape index (κ3) is 4.84. The predicted octanol–water partition coefficient (Wildman–Crippen LogP) is 3.43. The smallest absolute Gasteiger partial charge is 0.124 e. The number of hydrogen-bond donors (Lipinski definition) is 0. The van der Waals surface area contributed by atoms with E-state index in [2.05, 4.69) is 22.6 Å². The topological polar surface area (TPSA) is 18.5 Å². The number of halogens is 1. The van der Waals surface area contributed by atoms with E-state index >= 15 is 0 Å². The van der Waals surface area contributed by atoms with Gasteiger partial charge in [-0.25, -0.2) is 0 Å². The van der Waals surface area contributed by atoms with E-state index in [1.54, 1.807) is 7.11 Å². The Morgan fingerprint density at radius 3 is 2.73 bits per heavy atom. The molecule has 0 aliphatic rings. The molecule has 0 saturated heterocycles. The van der Waals surface area contributed by atoms with Crippen LogP contribution in [0.4, 0.5) is 0 Å². The van der Waals surface area contributed by atoms with Crippen LogP contribution in [0.25, 0.3) is 0 Å². The van der Waals surface area contributed by atoms with E-state index in [0.717, 1.165) is 24.3 Å². The van der Waals surface area contributed by atoms with E-state index in [0.29, 0.717) is 6.61 Å². The highest BCUT2D eigenvalue weighted by Crippen LogP contribution is 2.17. The molecule has 0 amide bonds. The Morgan fingerprint density at radius 1 is 1.20 bits per heavy atom. The van der Waals surface area contributed by atoms with Crippen LogP contribution in [-0.2, 0) is 11.3 Å². The van der Waals surface area contributed by atoms with E-state index in [9.17, 15) is 0 Å². The SMILES string of the molecule is COc1ccccc1COCCCCI. The molecule has 84 valence electrons.